The van der Waals surface area contributed by atoms with Crippen molar-refractivity contribution in [3.8, 4) is 5.75 Å². The van der Waals surface area contributed by atoms with Gasteiger partial charge in [-0.2, -0.15) is 0 Å². The molecule has 0 fully saturated rings. The largest absolute Gasteiger partial charge is 0.492 e. The number of carbonyl (C=O) groups excluding carboxylic acids is 2. The second kappa shape index (κ2) is 6.12. The average molecular weight is 351 g/mol. The fraction of sp³-hybridized carbons (Fsp3) is 0.176. The zero-order chi connectivity index (χ0) is 18.3. The Kier molecular flexibility index (Phi) is 4.12. The van der Waals surface area contributed by atoms with E-state index in [1.54, 1.807) is 7.05 Å². The lowest BCUT2D eigenvalue weighted by Crippen LogP contribution is -2.20. The van der Waals surface area contributed by atoms with Crippen LogP contribution in [0.25, 0.3) is 0 Å². The van der Waals surface area contributed by atoms with Crippen LogP contribution in [0.5, 0.6) is 5.75 Å². The summed E-state index contributed by atoms with van der Waals surface area (Å²) >= 11 is 0. The van der Waals surface area contributed by atoms with Gasteiger partial charge in [0.2, 0.25) is 11.6 Å². The summed E-state index contributed by atoms with van der Waals surface area (Å²) in [4.78, 5) is 24.5. The van der Waals surface area contributed by atoms with E-state index in [0.717, 1.165) is 6.08 Å². The number of nitrogens with zero attached hydrogens (tertiary/aromatic N) is 1. The molecule has 3 rings (SSSR count). The van der Waals surface area contributed by atoms with Crippen LogP contribution < -0.4 is 4.74 Å². The van der Waals surface area contributed by atoms with Gasteiger partial charge in [0.15, 0.2) is 23.1 Å². The molecule has 130 valence electrons. The quantitative estimate of drug-likeness (QED) is 0.850. The minimum Gasteiger partial charge on any atom is -0.492 e. The van der Waals surface area contributed by atoms with Crippen molar-refractivity contribution in [1.82, 2.24) is 4.57 Å². The zero-order valence-electron chi connectivity index (χ0n) is 13.2. The molecule has 1 heterocycles. The minimum absolute atomic E-state index is 0.0507. The molecule has 0 N–H and O–H groups in total. The maximum atomic E-state index is 13.7. The molecule has 5 nitrogen and oxygen atoms in total. The fourth-order valence-electron chi connectivity index (χ4n) is 2.70. The Hall–Kier alpha value is -3.03. The molecular formula is C17H12F3NO4. The number of ketones is 2. The molecule has 1 aromatic carbocycles. The van der Waals surface area contributed by atoms with E-state index in [2.05, 4.69) is 0 Å². The van der Waals surface area contributed by atoms with Gasteiger partial charge >= 0.3 is 0 Å². The fourth-order valence-corrected chi connectivity index (χ4v) is 2.70. The number of aromatic nitrogens is 1. The molecule has 0 radical (unpaired) electrons. The third-order valence-corrected chi connectivity index (χ3v) is 3.76. The number of methoxy groups -OCH3 is 1. The van der Waals surface area contributed by atoms with Gasteiger partial charge in [-0.25, -0.2) is 13.2 Å². The van der Waals surface area contributed by atoms with Crippen LogP contribution in [0.1, 0.15) is 26.4 Å². The predicted molar refractivity (Wildman–Crippen MR) is 79.8 cm³/mol. The lowest BCUT2D eigenvalue weighted by Gasteiger charge is -2.14. The molecule has 25 heavy (non-hydrogen) atoms. The summed E-state index contributed by atoms with van der Waals surface area (Å²) in [5.41, 5.74) is 0.431. The number of aryl methyl sites for hydroxylation is 1. The van der Waals surface area contributed by atoms with E-state index >= 15 is 0 Å². The van der Waals surface area contributed by atoms with Gasteiger partial charge in [0, 0.05) is 37.0 Å². The molecule has 0 aliphatic heterocycles. The highest BCUT2D eigenvalue weighted by molar-refractivity contribution is 6.23. The van der Waals surface area contributed by atoms with E-state index in [-0.39, 0.29) is 22.6 Å². The van der Waals surface area contributed by atoms with Gasteiger partial charge in [0.1, 0.15) is 18.1 Å². The minimum atomic E-state index is -1.21. The molecule has 0 saturated carbocycles. The lowest BCUT2D eigenvalue weighted by atomic mass is 9.97. The highest BCUT2D eigenvalue weighted by atomic mass is 19.1. The molecule has 0 saturated heterocycles. The number of hydrogen-bond acceptors (Lipinski definition) is 4. The number of benzene rings is 1. The number of halogens is 3. The van der Waals surface area contributed by atoms with Crippen LogP contribution in [-0.2, 0) is 18.4 Å². The van der Waals surface area contributed by atoms with E-state index in [4.69, 9.17) is 9.47 Å². The van der Waals surface area contributed by atoms with Crippen LogP contribution in [0.15, 0.2) is 30.2 Å². The Labute approximate surface area is 140 Å². The number of carbonyl (C=O) groups is 2. The first kappa shape index (κ1) is 16.8. The van der Waals surface area contributed by atoms with Crippen molar-refractivity contribution in [3.63, 3.8) is 0 Å². The van der Waals surface area contributed by atoms with Gasteiger partial charge in [-0.05, 0) is 0 Å². The third kappa shape index (κ3) is 2.79. The molecule has 8 heteroatoms. The first-order chi connectivity index (χ1) is 11.8. The Bertz CT molecular complexity index is 907. The Balaban J connectivity index is 1.96. The number of allylic oxidation sites excluding steroid dienone is 2. The highest BCUT2D eigenvalue weighted by Crippen LogP contribution is 2.29. The average Bonchev–Trinajstić information content (AvgIpc) is 2.87. The van der Waals surface area contributed by atoms with Crippen molar-refractivity contribution in [2.45, 2.75) is 6.61 Å². The summed E-state index contributed by atoms with van der Waals surface area (Å²) in [6.45, 7) is -0.390. The molecule has 2 aromatic rings. The zero-order valence-corrected chi connectivity index (χ0v) is 13.2. The van der Waals surface area contributed by atoms with Crippen LogP contribution >= 0.6 is 0 Å². The predicted octanol–water partition coefficient (Wildman–Crippen LogP) is 2.93. The van der Waals surface area contributed by atoms with Crippen molar-refractivity contribution in [3.05, 3.63) is 64.4 Å². The second-order valence-electron chi connectivity index (χ2n) is 5.38. The monoisotopic (exact) mass is 351 g/mol. The Morgan fingerprint density at radius 2 is 1.76 bits per heavy atom. The number of rotatable bonds is 4. The van der Waals surface area contributed by atoms with E-state index in [0.29, 0.717) is 12.1 Å². The first-order valence-electron chi connectivity index (χ1n) is 7.13. The van der Waals surface area contributed by atoms with Crippen LogP contribution in [0.2, 0.25) is 0 Å². The van der Waals surface area contributed by atoms with E-state index in [9.17, 15) is 22.8 Å². The Morgan fingerprint density at radius 3 is 2.36 bits per heavy atom. The molecule has 1 aliphatic carbocycles. The topological polar surface area (TPSA) is 57.5 Å². The number of hydrogen-bond donors (Lipinski definition) is 0. The first-order valence-corrected chi connectivity index (χ1v) is 7.13. The van der Waals surface area contributed by atoms with Crippen molar-refractivity contribution in [2.75, 3.05) is 7.11 Å². The molecule has 0 amide bonds. The molecule has 0 unspecified atom stereocenters. The van der Waals surface area contributed by atoms with Gasteiger partial charge < -0.3 is 14.0 Å². The lowest BCUT2D eigenvalue weighted by molar-refractivity contribution is 0.0912. The standard InChI is InChI=1S/C17H12F3NO4/c1-21-6-8(7-25-17-10(19)3-9(18)4-11(17)20)14-15(21)12(22)5-13(24-2)16(14)23/h3-6H,7H2,1-2H3. The van der Waals surface area contributed by atoms with Crippen LogP contribution in [0.4, 0.5) is 13.2 Å². The summed E-state index contributed by atoms with van der Waals surface area (Å²) in [6.07, 6.45) is 2.53. The van der Waals surface area contributed by atoms with Gasteiger partial charge in [-0.3, -0.25) is 9.59 Å². The summed E-state index contributed by atoms with van der Waals surface area (Å²) in [5.74, 6) is -5.35. The van der Waals surface area contributed by atoms with Crippen molar-refractivity contribution >= 4 is 11.6 Å². The summed E-state index contributed by atoms with van der Waals surface area (Å²) in [6, 6.07) is 0.971. The van der Waals surface area contributed by atoms with E-state index in [1.807, 2.05) is 0 Å². The summed E-state index contributed by atoms with van der Waals surface area (Å²) < 4.78 is 51.6. The van der Waals surface area contributed by atoms with Gasteiger partial charge in [0.25, 0.3) is 0 Å². The van der Waals surface area contributed by atoms with E-state index in [1.165, 1.54) is 17.9 Å². The molecule has 0 spiro atoms. The Morgan fingerprint density at radius 1 is 1.12 bits per heavy atom. The summed E-state index contributed by atoms with van der Waals surface area (Å²) in [7, 11) is 2.81. The van der Waals surface area contributed by atoms with Crippen LogP contribution in [0, 0.1) is 17.5 Å². The van der Waals surface area contributed by atoms with Crippen LogP contribution in [0.3, 0.4) is 0 Å². The molecule has 0 atom stereocenters. The molecule has 1 aliphatic rings. The maximum absolute atomic E-state index is 13.7. The van der Waals surface area contributed by atoms with Gasteiger partial charge in [0.05, 0.1) is 12.7 Å². The van der Waals surface area contributed by atoms with E-state index < -0.39 is 41.4 Å². The van der Waals surface area contributed by atoms with Gasteiger partial charge in [-0.1, -0.05) is 0 Å². The molecular weight excluding hydrogens is 339 g/mol. The van der Waals surface area contributed by atoms with Crippen molar-refractivity contribution in [1.29, 1.82) is 0 Å². The maximum Gasteiger partial charge on any atom is 0.230 e. The number of Topliss-reactive ketones (excluding diaryl/α,β-unsaturated/α-hetero) is 1. The number of fused-ring (bicyclic) bond motifs is 1. The summed E-state index contributed by atoms with van der Waals surface area (Å²) in [5, 5.41) is 0. The normalized spacial score (nSPS) is 13.6. The van der Waals surface area contributed by atoms with Crippen molar-refractivity contribution < 1.29 is 32.2 Å². The molecule has 1 aromatic heterocycles. The van der Waals surface area contributed by atoms with Gasteiger partial charge in [-0.15, -0.1) is 0 Å². The smallest absolute Gasteiger partial charge is 0.230 e. The highest BCUT2D eigenvalue weighted by Gasteiger charge is 2.32. The second-order valence-corrected chi connectivity index (χ2v) is 5.38. The molecule has 0 bridgehead atoms. The van der Waals surface area contributed by atoms with Crippen LogP contribution in [-0.4, -0.2) is 23.2 Å². The third-order valence-electron chi connectivity index (χ3n) is 3.76. The van der Waals surface area contributed by atoms with Crippen molar-refractivity contribution in [2.24, 2.45) is 7.05 Å². The number of ether oxygens (including phenoxy) is 2. The SMILES string of the molecule is COC1=CC(=O)c2c(c(COc3c(F)cc(F)cc3F)cn2C)C1=O.